The first-order valence-electron chi connectivity index (χ1n) is 11.4. The van der Waals surface area contributed by atoms with Crippen LogP contribution in [0, 0.1) is 82.9 Å². The highest BCUT2D eigenvalue weighted by atomic mass is 16.6. The zero-order valence-corrected chi connectivity index (χ0v) is 21.6. The van der Waals surface area contributed by atoms with Crippen LogP contribution < -0.4 is 5.32 Å². The summed E-state index contributed by atoms with van der Waals surface area (Å²) in [5, 5.41) is 2.46. The Labute approximate surface area is 224 Å². The maximum atomic E-state index is 12.6. The second-order valence-electron chi connectivity index (χ2n) is 8.12. The Kier molecular flexibility index (Phi) is 14.4. The molecule has 1 atom stereocenters. The molecule has 0 aliphatic carbocycles. The van der Waals surface area contributed by atoms with E-state index in [1.165, 1.54) is 0 Å². The molecule has 1 amide bonds. The van der Waals surface area contributed by atoms with E-state index >= 15 is 0 Å². The van der Waals surface area contributed by atoms with Gasteiger partial charge < -0.3 is 14.8 Å². The van der Waals surface area contributed by atoms with Crippen molar-refractivity contribution in [1.82, 2.24) is 5.32 Å². The minimum Gasteiger partial charge on any atom is -0.461 e. The van der Waals surface area contributed by atoms with Gasteiger partial charge in [-0.15, -0.1) is 0 Å². The number of hydrogen-bond acceptors (Lipinski definition) is 5. The molecule has 0 spiro atoms. The van der Waals surface area contributed by atoms with Crippen molar-refractivity contribution in [2.24, 2.45) is 0 Å². The van der Waals surface area contributed by atoms with Crippen LogP contribution in [0.25, 0.3) is 0 Å². The minimum absolute atomic E-state index is 0.0216. The Bertz CT molecular complexity index is 1450. The average Bonchev–Trinajstić information content (AvgIpc) is 2.87. The molecule has 0 fully saturated rings. The molecule has 0 saturated carbocycles. The smallest absolute Gasteiger partial charge is 0.329 e. The maximum Gasteiger partial charge on any atom is 0.329 e. The van der Waals surface area contributed by atoms with Crippen LogP contribution in [0.3, 0.4) is 0 Å². The fourth-order valence-corrected chi connectivity index (χ4v) is 2.35. The topological polar surface area (TPSA) is 81.7 Å². The number of ether oxygens (including phenoxy) is 2. The highest BCUT2D eigenvalue weighted by Crippen LogP contribution is 2.11. The summed E-state index contributed by atoms with van der Waals surface area (Å²) in [4.78, 5) is 36.9. The summed E-state index contributed by atoms with van der Waals surface area (Å²) < 4.78 is 10.6. The van der Waals surface area contributed by atoms with Crippen LogP contribution in [0.1, 0.15) is 46.1 Å². The van der Waals surface area contributed by atoms with Gasteiger partial charge in [-0.3, -0.25) is 9.59 Å². The molecular formula is C32H25NO5. The first kappa shape index (κ1) is 30.6. The Morgan fingerprint density at radius 3 is 1.87 bits per heavy atom. The molecule has 1 N–H and O–H groups in total. The molecule has 1 rings (SSSR count). The molecule has 6 heteroatoms. The number of amides is 1. The van der Waals surface area contributed by atoms with Gasteiger partial charge in [0.05, 0.1) is 0 Å². The van der Waals surface area contributed by atoms with Gasteiger partial charge in [0.15, 0.2) is 0 Å². The monoisotopic (exact) mass is 503 g/mol. The van der Waals surface area contributed by atoms with E-state index in [0.29, 0.717) is 0 Å². The van der Waals surface area contributed by atoms with Gasteiger partial charge in [-0.2, -0.15) is 0 Å². The third-order valence-electron chi connectivity index (χ3n) is 3.86. The molecule has 0 bridgehead atoms. The van der Waals surface area contributed by atoms with Crippen LogP contribution in [-0.4, -0.2) is 29.5 Å². The number of esters is 2. The molecular weight excluding hydrogens is 478 g/mol. The second-order valence-corrected chi connectivity index (χ2v) is 8.12. The summed E-state index contributed by atoms with van der Waals surface area (Å²) >= 11 is 0. The summed E-state index contributed by atoms with van der Waals surface area (Å²) in [6.45, 7) is 6.87. The Morgan fingerprint density at radius 1 is 0.816 bits per heavy atom. The third-order valence-corrected chi connectivity index (χ3v) is 3.86. The molecule has 0 heterocycles. The van der Waals surface area contributed by atoms with E-state index in [1.54, 1.807) is 27.7 Å². The van der Waals surface area contributed by atoms with Crippen molar-refractivity contribution in [2.45, 2.75) is 58.8 Å². The van der Waals surface area contributed by atoms with Crippen molar-refractivity contribution in [3.63, 3.8) is 0 Å². The third kappa shape index (κ3) is 16.2. The van der Waals surface area contributed by atoms with Crippen LogP contribution in [0.2, 0.25) is 0 Å². The van der Waals surface area contributed by atoms with Crippen LogP contribution >= 0.6 is 0 Å². The summed E-state index contributed by atoms with van der Waals surface area (Å²) in [7, 11) is 0. The highest BCUT2D eigenvalue weighted by Gasteiger charge is 2.27. The quantitative estimate of drug-likeness (QED) is 0.457. The molecule has 0 radical (unpaired) electrons. The number of carbonyl (C=O) groups is 3. The van der Waals surface area contributed by atoms with Crippen LogP contribution in [-0.2, 0) is 30.5 Å². The van der Waals surface area contributed by atoms with Gasteiger partial charge in [-0.25, -0.2) is 4.79 Å². The van der Waals surface area contributed by atoms with E-state index < -0.39 is 29.5 Å². The Hall–Kier alpha value is -5.45. The lowest BCUT2D eigenvalue weighted by Crippen LogP contribution is -2.44. The lowest BCUT2D eigenvalue weighted by atomic mass is 10.1. The van der Waals surface area contributed by atoms with Crippen LogP contribution in [0.4, 0.5) is 0 Å². The minimum atomic E-state index is -1.09. The lowest BCUT2D eigenvalue weighted by Gasteiger charge is -2.24. The molecule has 1 aromatic rings. The molecule has 188 valence electrons. The van der Waals surface area contributed by atoms with Gasteiger partial charge in [0, 0.05) is 12.3 Å². The fraction of sp³-hybridized carbons (Fsp3) is 0.281. The van der Waals surface area contributed by atoms with Gasteiger partial charge >= 0.3 is 11.9 Å². The van der Waals surface area contributed by atoms with Crippen molar-refractivity contribution >= 4 is 17.8 Å². The molecule has 0 aliphatic rings. The van der Waals surface area contributed by atoms with Gasteiger partial charge in [-0.1, -0.05) is 36.3 Å². The number of carbonyl (C=O) groups excluding carboxylic acids is 3. The SMILES string of the molecule is CC#CC#CC#CC#CC#CC#CC#CC(=O)N[C@@H](CCC(=O)OCc1ccccc1)C(=O)OC(C)(C)C. The summed E-state index contributed by atoms with van der Waals surface area (Å²) in [6, 6.07) is 8.09. The van der Waals surface area contributed by atoms with E-state index in [2.05, 4.69) is 88.2 Å². The molecule has 6 nitrogen and oxygen atoms in total. The van der Waals surface area contributed by atoms with Crippen molar-refractivity contribution < 1.29 is 23.9 Å². The van der Waals surface area contributed by atoms with E-state index in [1.807, 2.05) is 30.3 Å². The van der Waals surface area contributed by atoms with Crippen molar-refractivity contribution in [3.8, 4) is 82.9 Å². The van der Waals surface area contributed by atoms with Crippen LogP contribution in [0.15, 0.2) is 30.3 Å². The Morgan fingerprint density at radius 2 is 1.34 bits per heavy atom. The Balaban J connectivity index is 2.69. The summed E-state index contributed by atoms with van der Waals surface area (Å²) in [5.74, 6) is 32.4. The second kappa shape index (κ2) is 17.9. The predicted octanol–water partition coefficient (Wildman–Crippen LogP) is 2.38. The molecule has 0 aromatic heterocycles. The van der Waals surface area contributed by atoms with Crippen molar-refractivity contribution in [2.75, 3.05) is 0 Å². The average molecular weight is 504 g/mol. The van der Waals surface area contributed by atoms with Crippen LogP contribution in [0.5, 0.6) is 0 Å². The molecule has 0 saturated heterocycles. The summed E-state index contributed by atoms with van der Waals surface area (Å²) in [6.07, 6.45) is -0.128. The highest BCUT2D eigenvalue weighted by molar-refractivity contribution is 5.96. The van der Waals surface area contributed by atoms with E-state index in [-0.39, 0.29) is 19.4 Å². The van der Waals surface area contributed by atoms with E-state index in [0.717, 1.165) is 5.56 Å². The largest absolute Gasteiger partial charge is 0.461 e. The first-order chi connectivity index (χ1) is 18.2. The van der Waals surface area contributed by atoms with Crippen molar-refractivity contribution in [1.29, 1.82) is 0 Å². The number of rotatable bonds is 7. The number of benzene rings is 1. The zero-order chi connectivity index (χ0) is 28.1. The standard InChI is InChI=1S/C32H25NO5/c1-5-6-7-8-9-10-11-12-13-14-15-16-20-23-29(34)33-28(31(36)38-32(2,3)4)24-25-30(35)37-26-27-21-18-17-19-22-27/h17-19,21-22,28H,24-26H2,1-4H3,(H,33,34)/t28-/m0/s1. The van der Waals surface area contributed by atoms with Gasteiger partial charge in [-0.05, 0) is 111 Å². The van der Waals surface area contributed by atoms with E-state index in [9.17, 15) is 14.4 Å². The first-order valence-corrected chi connectivity index (χ1v) is 11.4. The molecule has 0 unspecified atom stereocenters. The van der Waals surface area contributed by atoms with Gasteiger partial charge in [0.2, 0.25) is 0 Å². The number of hydrogen-bond donors (Lipinski definition) is 1. The van der Waals surface area contributed by atoms with Gasteiger partial charge in [0.1, 0.15) is 18.2 Å². The normalized spacial score (nSPS) is 9.16. The fourth-order valence-electron chi connectivity index (χ4n) is 2.35. The lowest BCUT2D eigenvalue weighted by molar-refractivity contribution is -0.158. The molecule has 0 aliphatic heterocycles. The number of nitrogens with one attached hydrogen (secondary N) is 1. The summed E-state index contributed by atoms with van der Waals surface area (Å²) in [5.41, 5.74) is 0.0537. The zero-order valence-electron chi connectivity index (χ0n) is 21.6. The molecule has 38 heavy (non-hydrogen) atoms. The maximum absolute atomic E-state index is 12.6. The predicted molar refractivity (Wildman–Crippen MR) is 143 cm³/mol. The molecule has 1 aromatic carbocycles. The van der Waals surface area contributed by atoms with Crippen molar-refractivity contribution in [3.05, 3.63) is 35.9 Å². The van der Waals surface area contributed by atoms with E-state index in [4.69, 9.17) is 9.47 Å². The van der Waals surface area contributed by atoms with Gasteiger partial charge in [0.25, 0.3) is 5.91 Å².